The lowest BCUT2D eigenvalue weighted by Crippen LogP contribution is -2.30. The normalized spacial score (nSPS) is 16.4. The summed E-state index contributed by atoms with van der Waals surface area (Å²) in [6, 6.07) is 8.48. The van der Waals surface area contributed by atoms with Gasteiger partial charge in [0.2, 0.25) is 0 Å². The third kappa shape index (κ3) is 2.84. The lowest BCUT2D eigenvalue weighted by molar-refractivity contribution is 0.509. The van der Waals surface area contributed by atoms with E-state index in [1.165, 1.54) is 11.1 Å². The summed E-state index contributed by atoms with van der Waals surface area (Å²) in [6.45, 7) is 5.70. The van der Waals surface area contributed by atoms with Crippen LogP contribution >= 0.6 is 0 Å². The monoisotopic (exact) mass is 283 g/mol. The van der Waals surface area contributed by atoms with Crippen LogP contribution in [0.5, 0.6) is 0 Å². The molecule has 0 aliphatic heterocycles. The third-order valence-corrected chi connectivity index (χ3v) is 3.95. The summed E-state index contributed by atoms with van der Waals surface area (Å²) in [5.74, 6) is 1.39. The first kappa shape index (κ1) is 13.9. The number of hydrogen-bond donors (Lipinski definition) is 1. The van der Waals surface area contributed by atoms with Gasteiger partial charge in [0.05, 0.1) is 0 Å². The summed E-state index contributed by atoms with van der Waals surface area (Å²) in [5, 5.41) is 3.22. The Morgan fingerprint density at radius 1 is 1.38 bits per heavy atom. The molecule has 0 spiro atoms. The fraction of sp³-hybridized carbons (Fsp3) is 0.412. The second kappa shape index (κ2) is 5.72. The van der Waals surface area contributed by atoms with Crippen molar-refractivity contribution in [2.45, 2.75) is 32.7 Å². The minimum absolute atomic E-state index is 0.0289. The maximum absolute atomic E-state index is 12.3. The van der Waals surface area contributed by atoms with Gasteiger partial charge in [-0.05, 0) is 23.5 Å². The number of anilines is 1. The van der Waals surface area contributed by atoms with E-state index in [-0.39, 0.29) is 5.56 Å². The van der Waals surface area contributed by atoms with Gasteiger partial charge in [-0.3, -0.25) is 4.79 Å². The molecule has 1 aromatic heterocycles. The summed E-state index contributed by atoms with van der Waals surface area (Å²) < 4.78 is 1.73. The molecule has 4 heteroatoms. The number of nitrogens with one attached hydrogen (secondary N) is 1. The van der Waals surface area contributed by atoms with Crippen LogP contribution in [0.2, 0.25) is 0 Å². The van der Waals surface area contributed by atoms with Crippen LogP contribution in [0.4, 0.5) is 5.82 Å². The predicted octanol–water partition coefficient (Wildman–Crippen LogP) is 2.65. The predicted molar refractivity (Wildman–Crippen MR) is 84.7 cm³/mol. The van der Waals surface area contributed by atoms with E-state index in [4.69, 9.17) is 0 Å². The van der Waals surface area contributed by atoms with Gasteiger partial charge in [-0.1, -0.05) is 38.1 Å². The van der Waals surface area contributed by atoms with Gasteiger partial charge in [0.15, 0.2) is 5.82 Å². The first-order valence-electron chi connectivity index (χ1n) is 7.52. The van der Waals surface area contributed by atoms with Crippen LogP contribution in [0.3, 0.4) is 0 Å². The van der Waals surface area contributed by atoms with Crippen molar-refractivity contribution in [2.75, 3.05) is 11.9 Å². The number of nitrogens with zero attached hydrogens (tertiary/aromatic N) is 2. The van der Waals surface area contributed by atoms with E-state index in [0.29, 0.717) is 17.7 Å². The van der Waals surface area contributed by atoms with Crippen LogP contribution in [0.25, 0.3) is 0 Å². The average Bonchev–Trinajstić information content (AvgIpc) is 2.43. The Balaban J connectivity index is 1.68. The number of fused-ring (bicyclic) bond motifs is 1. The molecule has 0 bridgehead atoms. The van der Waals surface area contributed by atoms with Gasteiger partial charge in [-0.2, -0.15) is 0 Å². The number of aromatic nitrogens is 2. The molecule has 1 aromatic carbocycles. The Hall–Kier alpha value is -2.10. The van der Waals surface area contributed by atoms with Gasteiger partial charge in [-0.15, -0.1) is 0 Å². The average molecular weight is 283 g/mol. The topological polar surface area (TPSA) is 46.9 Å². The van der Waals surface area contributed by atoms with Crippen molar-refractivity contribution in [3.63, 3.8) is 0 Å². The zero-order valence-corrected chi connectivity index (χ0v) is 12.5. The van der Waals surface area contributed by atoms with Crippen molar-refractivity contribution >= 4 is 5.82 Å². The highest BCUT2D eigenvalue weighted by molar-refractivity contribution is 5.42. The summed E-state index contributed by atoms with van der Waals surface area (Å²) in [4.78, 5) is 16.5. The molecule has 1 aliphatic rings. The molecule has 0 amide bonds. The molecule has 0 saturated carbocycles. The largest absolute Gasteiger partial charge is 0.365 e. The molecule has 0 radical (unpaired) electrons. The van der Waals surface area contributed by atoms with Crippen molar-refractivity contribution in [1.82, 2.24) is 9.55 Å². The van der Waals surface area contributed by atoms with Gasteiger partial charge in [0, 0.05) is 31.4 Å². The SMILES string of the molecule is CC(C)Cn1ccnc(NCC2Cc3ccccc32)c1=O. The van der Waals surface area contributed by atoms with E-state index in [1.807, 2.05) is 0 Å². The first-order valence-corrected chi connectivity index (χ1v) is 7.52. The van der Waals surface area contributed by atoms with E-state index in [2.05, 4.69) is 48.4 Å². The fourth-order valence-electron chi connectivity index (χ4n) is 2.87. The summed E-state index contributed by atoms with van der Waals surface area (Å²) >= 11 is 0. The van der Waals surface area contributed by atoms with Crippen molar-refractivity contribution in [2.24, 2.45) is 5.92 Å². The summed E-state index contributed by atoms with van der Waals surface area (Å²) in [7, 11) is 0. The molecule has 1 N–H and O–H groups in total. The molecule has 0 fully saturated rings. The van der Waals surface area contributed by atoms with Crippen LogP contribution in [0.15, 0.2) is 41.5 Å². The minimum Gasteiger partial charge on any atom is -0.365 e. The van der Waals surface area contributed by atoms with Gasteiger partial charge < -0.3 is 9.88 Å². The Labute approximate surface area is 124 Å². The van der Waals surface area contributed by atoms with E-state index in [9.17, 15) is 4.79 Å². The molecule has 1 heterocycles. The van der Waals surface area contributed by atoms with E-state index < -0.39 is 0 Å². The molecule has 21 heavy (non-hydrogen) atoms. The van der Waals surface area contributed by atoms with Crippen LogP contribution in [-0.4, -0.2) is 16.1 Å². The lowest BCUT2D eigenvalue weighted by Gasteiger charge is -2.30. The molecule has 2 aromatic rings. The number of hydrogen-bond acceptors (Lipinski definition) is 3. The molecule has 4 nitrogen and oxygen atoms in total. The van der Waals surface area contributed by atoms with Crippen LogP contribution in [0, 0.1) is 5.92 Å². The Morgan fingerprint density at radius 3 is 2.95 bits per heavy atom. The number of rotatable bonds is 5. The Kier molecular flexibility index (Phi) is 3.78. The second-order valence-electron chi connectivity index (χ2n) is 6.11. The molecular weight excluding hydrogens is 262 g/mol. The van der Waals surface area contributed by atoms with Gasteiger partial charge in [0.25, 0.3) is 5.56 Å². The van der Waals surface area contributed by atoms with Crippen molar-refractivity contribution in [1.29, 1.82) is 0 Å². The zero-order valence-electron chi connectivity index (χ0n) is 12.5. The molecule has 1 aliphatic carbocycles. The second-order valence-corrected chi connectivity index (χ2v) is 6.11. The lowest BCUT2D eigenvalue weighted by atomic mass is 9.78. The maximum Gasteiger partial charge on any atom is 0.293 e. The smallest absolute Gasteiger partial charge is 0.293 e. The molecule has 1 atom stereocenters. The van der Waals surface area contributed by atoms with Gasteiger partial charge in [0.1, 0.15) is 0 Å². The zero-order chi connectivity index (χ0) is 14.8. The Morgan fingerprint density at radius 2 is 2.19 bits per heavy atom. The molecule has 3 rings (SSSR count). The highest BCUT2D eigenvalue weighted by atomic mass is 16.1. The minimum atomic E-state index is -0.0289. The quantitative estimate of drug-likeness (QED) is 0.917. The fourth-order valence-corrected chi connectivity index (χ4v) is 2.87. The van der Waals surface area contributed by atoms with Crippen LogP contribution in [-0.2, 0) is 13.0 Å². The van der Waals surface area contributed by atoms with E-state index in [1.54, 1.807) is 17.0 Å². The van der Waals surface area contributed by atoms with Crippen molar-refractivity contribution < 1.29 is 0 Å². The molecular formula is C17H21N3O. The van der Waals surface area contributed by atoms with Crippen LogP contribution in [0.1, 0.15) is 30.9 Å². The Bertz CT molecular complexity index is 690. The molecule has 1 unspecified atom stereocenters. The van der Waals surface area contributed by atoms with Crippen LogP contribution < -0.4 is 10.9 Å². The molecule has 110 valence electrons. The third-order valence-electron chi connectivity index (χ3n) is 3.95. The standard InChI is InChI=1S/C17H21N3O/c1-12(2)11-20-8-7-18-16(17(20)21)19-10-14-9-13-5-3-4-6-15(13)14/h3-8,12,14H,9-11H2,1-2H3,(H,18,19). The highest BCUT2D eigenvalue weighted by Gasteiger charge is 2.25. The van der Waals surface area contributed by atoms with Crippen molar-refractivity contribution in [3.05, 3.63) is 58.1 Å². The number of benzene rings is 1. The first-order chi connectivity index (χ1) is 10.1. The van der Waals surface area contributed by atoms with Gasteiger partial charge >= 0.3 is 0 Å². The van der Waals surface area contributed by atoms with Gasteiger partial charge in [-0.25, -0.2) is 4.98 Å². The summed E-state index contributed by atoms with van der Waals surface area (Å²) in [5.41, 5.74) is 2.78. The van der Waals surface area contributed by atoms with E-state index in [0.717, 1.165) is 19.5 Å². The van der Waals surface area contributed by atoms with E-state index >= 15 is 0 Å². The van der Waals surface area contributed by atoms with Crippen molar-refractivity contribution in [3.8, 4) is 0 Å². The molecule has 0 saturated heterocycles. The maximum atomic E-state index is 12.3. The highest BCUT2D eigenvalue weighted by Crippen LogP contribution is 2.34. The summed E-state index contributed by atoms with van der Waals surface area (Å²) in [6.07, 6.45) is 4.53.